The molecule has 2 saturated carbocycles. The van der Waals surface area contributed by atoms with Gasteiger partial charge in [-0.05, 0) is 54.8 Å². The topological polar surface area (TPSA) is 57.5 Å². The predicted molar refractivity (Wildman–Crippen MR) is 92.9 cm³/mol. The van der Waals surface area contributed by atoms with Gasteiger partial charge in [-0.1, -0.05) is 45.4 Å². The van der Waals surface area contributed by atoms with E-state index in [0.29, 0.717) is 29.1 Å². The van der Waals surface area contributed by atoms with Crippen LogP contribution in [0.25, 0.3) is 0 Å². The van der Waals surface area contributed by atoms with Gasteiger partial charge in [0.1, 0.15) is 12.4 Å². The van der Waals surface area contributed by atoms with Gasteiger partial charge in [0.15, 0.2) is 0 Å². The van der Waals surface area contributed by atoms with E-state index in [0.717, 1.165) is 12.8 Å². The third kappa shape index (κ3) is 3.46. The highest BCUT2D eigenvalue weighted by atomic mass is 16.3. The maximum absolute atomic E-state index is 11.2. The summed E-state index contributed by atoms with van der Waals surface area (Å²) in [6, 6.07) is 0. The number of hydrogen-bond acceptors (Lipinski definition) is 3. The zero-order valence-electron chi connectivity index (χ0n) is 14.8. The first-order valence-electron chi connectivity index (χ1n) is 8.88. The van der Waals surface area contributed by atoms with E-state index in [1.165, 1.54) is 31.3 Å². The molecule has 0 aromatic heterocycles. The smallest absolute Gasteiger partial charge is 0.148 e. The van der Waals surface area contributed by atoms with Crippen LogP contribution >= 0.6 is 0 Å². The largest absolute Gasteiger partial charge is 0.393 e. The Kier molecular flexibility index (Phi) is 5.52. The first-order valence-corrected chi connectivity index (χ1v) is 8.88. The van der Waals surface area contributed by atoms with E-state index in [-0.39, 0.29) is 5.41 Å². The molecule has 4 unspecified atom stereocenters. The third-order valence-electron chi connectivity index (χ3n) is 6.60. The van der Waals surface area contributed by atoms with E-state index in [2.05, 4.69) is 27.4 Å². The van der Waals surface area contributed by atoms with E-state index in [1.54, 1.807) is 0 Å². The summed E-state index contributed by atoms with van der Waals surface area (Å²) >= 11 is 0. The van der Waals surface area contributed by atoms with Crippen LogP contribution in [-0.4, -0.2) is 29.2 Å². The molecule has 0 amide bonds. The van der Waals surface area contributed by atoms with Crippen molar-refractivity contribution in [3.8, 4) is 0 Å². The Hall–Kier alpha value is -0.930. The number of fused-ring (bicyclic) bond motifs is 1. The highest BCUT2D eigenvalue weighted by molar-refractivity contribution is 5.74. The molecule has 3 heteroatoms. The lowest BCUT2D eigenvalue weighted by Crippen LogP contribution is -2.49. The van der Waals surface area contributed by atoms with E-state index >= 15 is 0 Å². The molecular weight excluding hydrogens is 288 g/mol. The van der Waals surface area contributed by atoms with E-state index in [1.807, 2.05) is 6.08 Å². The van der Waals surface area contributed by atoms with E-state index in [9.17, 15) is 9.90 Å². The molecule has 2 aliphatic rings. The monoisotopic (exact) mass is 320 g/mol. The average Bonchev–Trinajstić information content (AvgIpc) is 2.48. The summed E-state index contributed by atoms with van der Waals surface area (Å²) in [5, 5.41) is 18.8. The zero-order chi connectivity index (χ0) is 17.3. The van der Waals surface area contributed by atoms with Gasteiger partial charge in [0, 0.05) is 5.57 Å². The minimum absolute atomic E-state index is 0.214. The molecule has 0 saturated heterocycles. The van der Waals surface area contributed by atoms with Crippen LogP contribution in [0.2, 0.25) is 0 Å². The second-order valence-corrected chi connectivity index (χ2v) is 8.41. The summed E-state index contributed by atoms with van der Waals surface area (Å²) in [4.78, 5) is 11.2. The van der Waals surface area contributed by atoms with Crippen molar-refractivity contribution in [2.24, 2.45) is 22.7 Å². The van der Waals surface area contributed by atoms with Gasteiger partial charge >= 0.3 is 0 Å². The van der Waals surface area contributed by atoms with Crippen LogP contribution in [0.1, 0.15) is 59.3 Å². The van der Waals surface area contributed by atoms with Gasteiger partial charge in [-0.25, -0.2) is 0 Å². The van der Waals surface area contributed by atoms with E-state index in [4.69, 9.17) is 5.11 Å². The first kappa shape index (κ1) is 18.4. The Morgan fingerprint density at radius 3 is 2.70 bits per heavy atom. The van der Waals surface area contributed by atoms with Crippen molar-refractivity contribution in [3.63, 3.8) is 0 Å². The zero-order valence-corrected chi connectivity index (χ0v) is 14.8. The Morgan fingerprint density at radius 2 is 2.09 bits per heavy atom. The normalized spacial score (nSPS) is 35.5. The van der Waals surface area contributed by atoms with Crippen molar-refractivity contribution in [1.82, 2.24) is 0 Å². The minimum Gasteiger partial charge on any atom is -0.393 e. The molecule has 0 heterocycles. The predicted octanol–water partition coefficient (Wildman–Crippen LogP) is 3.65. The summed E-state index contributed by atoms with van der Waals surface area (Å²) < 4.78 is 0. The first-order chi connectivity index (χ1) is 10.8. The van der Waals surface area contributed by atoms with Gasteiger partial charge < -0.3 is 10.2 Å². The maximum atomic E-state index is 11.2. The number of carbonyl (C=O) groups excluding carboxylic acids is 1. The molecule has 2 N–H and O–H groups in total. The second-order valence-electron chi connectivity index (χ2n) is 8.41. The molecule has 0 spiro atoms. The summed E-state index contributed by atoms with van der Waals surface area (Å²) in [6.07, 6.45) is 8.14. The summed E-state index contributed by atoms with van der Waals surface area (Å²) in [5.41, 5.74) is 2.14. The number of aliphatic hydroxyl groups is 2. The second kappa shape index (κ2) is 6.90. The lowest BCUT2D eigenvalue weighted by Gasteiger charge is -2.58. The lowest BCUT2D eigenvalue weighted by molar-refractivity contribution is -0.106. The highest BCUT2D eigenvalue weighted by Crippen LogP contribution is 2.61. The molecule has 2 rings (SSSR count). The fraction of sp³-hybridized carbons (Fsp3) is 0.750. The number of rotatable bonds is 5. The van der Waals surface area contributed by atoms with Gasteiger partial charge in [-0.3, -0.25) is 4.79 Å². The summed E-state index contributed by atoms with van der Waals surface area (Å²) in [7, 11) is 0. The fourth-order valence-electron chi connectivity index (χ4n) is 5.33. The maximum Gasteiger partial charge on any atom is 0.148 e. The van der Waals surface area contributed by atoms with Crippen LogP contribution < -0.4 is 0 Å². The van der Waals surface area contributed by atoms with Gasteiger partial charge in [0.05, 0.1) is 6.61 Å². The molecule has 2 aliphatic carbocycles. The fourth-order valence-corrected chi connectivity index (χ4v) is 5.33. The standard InChI is InChI=1S/C20H32O3/c1-14-6-9-18-19(2,3)10-5-11-20(18,4)16(14)8-7-15(12-21)17(23)13-22/h7,12,16-18,22-23H,1,5-6,8-11,13H2,2-4H3. The number of aliphatic hydroxyl groups excluding tert-OH is 2. The molecule has 4 atom stereocenters. The quantitative estimate of drug-likeness (QED) is 0.462. The SMILES string of the molecule is C=C1CCC2C(C)(C)CCCC2(C)C1CC=C(C=O)C(O)CO. The van der Waals surface area contributed by atoms with Crippen LogP contribution in [0, 0.1) is 22.7 Å². The molecule has 3 nitrogen and oxygen atoms in total. The molecule has 0 aliphatic heterocycles. The van der Waals surface area contributed by atoms with Crippen LogP contribution in [0.3, 0.4) is 0 Å². The Bertz CT molecular complexity index is 491. The number of carbonyl (C=O) groups is 1. The van der Waals surface area contributed by atoms with Crippen LogP contribution in [-0.2, 0) is 4.79 Å². The lowest BCUT2D eigenvalue weighted by atomic mass is 9.47. The van der Waals surface area contributed by atoms with Crippen molar-refractivity contribution in [2.75, 3.05) is 6.61 Å². The highest BCUT2D eigenvalue weighted by Gasteiger charge is 2.52. The molecular formula is C20H32O3. The molecule has 2 fully saturated rings. The van der Waals surface area contributed by atoms with Crippen molar-refractivity contribution < 1.29 is 15.0 Å². The van der Waals surface area contributed by atoms with Crippen LogP contribution in [0.4, 0.5) is 0 Å². The van der Waals surface area contributed by atoms with Crippen molar-refractivity contribution in [1.29, 1.82) is 0 Å². The van der Waals surface area contributed by atoms with Gasteiger partial charge in [-0.15, -0.1) is 0 Å². The Labute approximate surface area is 140 Å². The number of allylic oxidation sites excluding steroid dienone is 2. The Balaban J connectivity index is 2.26. The number of aldehydes is 1. The summed E-state index contributed by atoms with van der Waals surface area (Å²) in [6.45, 7) is 11.1. The van der Waals surface area contributed by atoms with E-state index < -0.39 is 12.7 Å². The van der Waals surface area contributed by atoms with Crippen LogP contribution in [0.5, 0.6) is 0 Å². The van der Waals surface area contributed by atoms with Crippen molar-refractivity contribution in [3.05, 3.63) is 23.8 Å². The Morgan fingerprint density at radius 1 is 1.39 bits per heavy atom. The third-order valence-corrected chi connectivity index (χ3v) is 6.60. The van der Waals surface area contributed by atoms with Gasteiger partial charge in [-0.2, -0.15) is 0 Å². The molecule has 0 aromatic carbocycles. The van der Waals surface area contributed by atoms with Crippen molar-refractivity contribution in [2.45, 2.75) is 65.4 Å². The van der Waals surface area contributed by atoms with Crippen molar-refractivity contribution >= 4 is 6.29 Å². The minimum atomic E-state index is -1.07. The molecule has 23 heavy (non-hydrogen) atoms. The van der Waals surface area contributed by atoms with Gasteiger partial charge in [0.25, 0.3) is 0 Å². The molecule has 0 radical (unpaired) electrons. The van der Waals surface area contributed by atoms with Crippen LogP contribution in [0.15, 0.2) is 23.8 Å². The summed E-state index contributed by atoms with van der Waals surface area (Å²) in [5.74, 6) is 1.02. The van der Waals surface area contributed by atoms with Gasteiger partial charge in [0.2, 0.25) is 0 Å². The number of hydrogen-bond donors (Lipinski definition) is 2. The molecule has 130 valence electrons. The molecule has 0 aromatic rings. The molecule has 0 bridgehead atoms. The average molecular weight is 320 g/mol.